The van der Waals surface area contributed by atoms with Gasteiger partial charge in [-0.15, -0.1) is 0 Å². The third-order valence-electron chi connectivity index (χ3n) is 4.63. The first-order chi connectivity index (χ1) is 12.9. The second-order valence-electron chi connectivity index (χ2n) is 6.44. The van der Waals surface area contributed by atoms with Crippen molar-refractivity contribution in [2.75, 3.05) is 0 Å². The maximum absolute atomic E-state index is 13.1. The number of aromatic nitrogens is 2. The van der Waals surface area contributed by atoms with Crippen molar-refractivity contribution in [3.8, 4) is 0 Å². The van der Waals surface area contributed by atoms with Crippen LogP contribution in [-0.2, 0) is 16.9 Å². The number of rotatable bonds is 3. The van der Waals surface area contributed by atoms with Crippen LogP contribution in [0.15, 0.2) is 64.0 Å². The molecule has 3 heterocycles. The molecule has 1 atom stereocenters. The van der Waals surface area contributed by atoms with Gasteiger partial charge in [-0.1, -0.05) is 40.2 Å². The Morgan fingerprint density at radius 1 is 1.11 bits per heavy atom. The third kappa shape index (κ3) is 2.82. The molecule has 0 saturated carbocycles. The van der Waals surface area contributed by atoms with E-state index in [2.05, 4.69) is 26.2 Å². The molecule has 8 heteroatoms. The number of hydrogen-bond acceptors (Lipinski definition) is 4. The van der Waals surface area contributed by atoms with Crippen LogP contribution in [0.4, 0.5) is 4.79 Å². The number of amides is 3. The molecule has 0 bridgehead atoms. The second-order valence-corrected chi connectivity index (χ2v) is 7.30. The maximum atomic E-state index is 13.1. The number of halogens is 1. The topological polar surface area (TPSA) is 83.8 Å². The molecule has 1 aliphatic rings. The first kappa shape index (κ1) is 17.4. The van der Waals surface area contributed by atoms with Gasteiger partial charge in [-0.25, -0.2) is 9.78 Å². The van der Waals surface area contributed by atoms with Crippen LogP contribution in [0.25, 0.3) is 5.65 Å². The van der Waals surface area contributed by atoms with Crippen molar-refractivity contribution in [3.63, 3.8) is 0 Å². The largest absolute Gasteiger partial charge is 0.325 e. The highest BCUT2D eigenvalue weighted by Gasteiger charge is 2.49. The van der Waals surface area contributed by atoms with Crippen LogP contribution in [0, 0.1) is 0 Å². The summed E-state index contributed by atoms with van der Waals surface area (Å²) in [6, 6.07) is 13.2. The Morgan fingerprint density at radius 3 is 2.63 bits per heavy atom. The zero-order chi connectivity index (χ0) is 19.2. The highest BCUT2D eigenvalue weighted by molar-refractivity contribution is 9.10. The van der Waals surface area contributed by atoms with E-state index in [4.69, 9.17) is 0 Å². The first-order valence-electron chi connectivity index (χ1n) is 8.26. The van der Waals surface area contributed by atoms with Gasteiger partial charge in [0.25, 0.3) is 11.5 Å². The minimum absolute atomic E-state index is 0.0780. The summed E-state index contributed by atoms with van der Waals surface area (Å²) in [6.45, 7) is 1.58. The summed E-state index contributed by atoms with van der Waals surface area (Å²) in [5, 5.41) is 2.76. The van der Waals surface area contributed by atoms with Gasteiger partial charge in [0.05, 0.1) is 12.2 Å². The van der Waals surface area contributed by atoms with Crippen LogP contribution in [-0.4, -0.2) is 26.2 Å². The predicted molar refractivity (Wildman–Crippen MR) is 102 cm³/mol. The van der Waals surface area contributed by atoms with E-state index in [9.17, 15) is 14.4 Å². The van der Waals surface area contributed by atoms with E-state index in [0.29, 0.717) is 16.9 Å². The van der Waals surface area contributed by atoms with E-state index in [1.54, 1.807) is 43.5 Å². The molecule has 7 nitrogen and oxygen atoms in total. The fraction of sp³-hybridized carbons (Fsp3) is 0.158. The third-order valence-corrected chi connectivity index (χ3v) is 5.32. The number of benzene rings is 1. The van der Waals surface area contributed by atoms with E-state index >= 15 is 0 Å². The molecule has 1 saturated heterocycles. The quantitative estimate of drug-likeness (QED) is 0.651. The molecule has 1 unspecified atom stereocenters. The molecule has 4 rings (SSSR count). The first-order valence-corrected chi connectivity index (χ1v) is 9.06. The van der Waals surface area contributed by atoms with Crippen LogP contribution >= 0.6 is 15.9 Å². The molecule has 0 radical (unpaired) electrons. The summed E-state index contributed by atoms with van der Waals surface area (Å²) >= 11 is 3.43. The van der Waals surface area contributed by atoms with Crippen LogP contribution in [0.1, 0.15) is 18.2 Å². The number of nitrogens with zero attached hydrogens (tertiary/aromatic N) is 3. The van der Waals surface area contributed by atoms with E-state index in [1.807, 2.05) is 12.1 Å². The summed E-state index contributed by atoms with van der Waals surface area (Å²) < 4.78 is 2.13. The Labute approximate surface area is 162 Å². The van der Waals surface area contributed by atoms with Crippen molar-refractivity contribution in [2.24, 2.45) is 0 Å². The van der Waals surface area contributed by atoms with Crippen molar-refractivity contribution in [3.05, 3.63) is 80.8 Å². The molecule has 1 N–H and O–H groups in total. The lowest BCUT2D eigenvalue weighted by Crippen LogP contribution is -2.41. The Bertz CT molecular complexity index is 1140. The van der Waals surface area contributed by atoms with Gasteiger partial charge in [0.1, 0.15) is 11.2 Å². The molecule has 1 fully saturated rings. The summed E-state index contributed by atoms with van der Waals surface area (Å²) in [6.07, 6.45) is 1.62. The average Bonchev–Trinajstić information content (AvgIpc) is 2.86. The normalized spacial score (nSPS) is 19.6. The summed E-state index contributed by atoms with van der Waals surface area (Å²) in [5.41, 5.74) is 0.0172. The standard InChI is InChI=1S/C19H15BrN4O3/c1-19(13-6-2-3-7-14(13)20)17(26)24(18(27)22-19)11-12-10-16(25)23-9-5-4-8-15(23)21-12/h2-10H,11H2,1H3,(H,22,27). The molecule has 2 aromatic heterocycles. The van der Waals surface area contributed by atoms with Crippen LogP contribution in [0.2, 0.25) is 0 Å². The Hall–Kier alpha value is -3.00. The molecule has 0 spiro atoms. The van der Waals surface area contributed by atoms with Crippen LogP contribution < -0.4 is 10.9 Å². The summed E-state index contributed by atoms with van der Waals surface area (Å²) in [5.74, 6) is -0.394. The number of hydrogen-bond donors (Lipinski definition) is 1. The lowest BCUT2D eigenvalue weighted by molar-refractivity contribution is -0.131. The minimum atomic E-state index is -1.19. The number of fused-ring (bicyclic) bond motifs is 1. The van der Waals surface area contributed by atoms with Gasteiger partial charge in [0.2, 0.25) is 0 Å². The van der Waals surface area contributed by atoms with Gasteiger partial charge in [-0.05, 0) is 25.1 Å². The van der Waals surface area contributed by atoms with Gasteiger partial charge in [0.15, 0.2) is 0 Å². The zero-order valence-electron chi connectivity index (χ0n) is 14.3. The Balaban J connectivity index is 1.70. The number of imide groups is 1. The minimum Gasteiger partial charge on any atom is -0.319 e. The van der Waals surface area contributed by atoms with Gasteiger partial charge in [-0.3, -0.25) is 18.9 Å². The molecule has 1 aromatic carbocycles. The molecule has 3 aromatic rings. The molecular weight excluding hydrogens is 412 g/mol. The van der Waals surface area contributed by atoms with E-state index in [-0.39, 0.29) is 12.1 Å². The zero-order valence-corrected chi connectivity index (χ0v) is 15.9. The van der Waals surface area contributed by atoms with Crippen LogP contribution in [0.3, 0.4) is 0 Å². The number of urea groups is 1. The number of nitrogens with one attached hydrogen (secondary N) is 1. The number of carbonyl (C=O) groups excluding carboxylic acids is 2. The second kappa shape index (κ2) is 6.31. The van der Waals surface area contributed by atoms with Gasteiger partial charge in [-0.2, -0.15) is 0 Å². The van der Waals surface area contributed by atoms with Crippen LogP contribution in [0.5, 0.6) is 0 Å². The molecule has 27 heavy (non-hydrogen) atoms. The Morgan fingerprint density at radius 2 is 1.85 bits per heavy atom. The van der Waals surface area contributed by atoms with Crippen molar-refractivity contribution in [1.29, 1.82) is 0 Å². The molecule has 136 valence electrons. The smallest absolute Gasteiger partial charge is 0.319 e. The maximum Gasteiger partial charge on any atom is 0.325 e. The predicted octanol–water partition coefficient (Wildman–Crippen LogP) is 2.42. The fourth-order valence-corrected chi connectivity index (χ4v) is 3.92. The molecular formula is C19H15BrN4O3. The molecule has 0 aliphatic carbocycles. The monoisotopic (exact) mass is 426 g/mol. The number of pyridine rings is 1. The molecule has 3 amide bonds. The molecule has 1 aliphatic heterocycles. The van der Waals surface area contributed by atoms with Crippen molar-refractivity contribution in [1.82, 2.24) is 19.6 Å². The van der Waals surface area contributed by atoms with E-state index in [0.717, 1.165) is 9.37 Å². The average molecular weight is 427 g/mol. The van der Waals surface area contributed by atoms with E-state index in [1.165, 1.54) is 10.5 Å². The SMILES string of the molecule is CC1(c2ccccc2Br)NC(=O)N(Cc2cc(=O)n3ccccc3n2)C1=O. The highest BCUT2D eigenvalue weighted by atomic mass is 79.9. The van der Waals surface area contributed by atoms with Crippen molar-refractivity contribution < 1.29 is 9.59 Å². The van der Waals surface area contributed by atoms with Gasteiger partial charge < -0.3 is 5.32 Å². The lowest BCUT2D eigenvalue weighted by Gasteiger charge is -2.23. The highest BCUT2D eigenvalue weighted by Crippen LogP contribution is 2.34. The fourth-order valence-electron chi connectivity index (χ4n) is 3.24. The van der Waals surface area contributed by atoms with Gasteiger partial charge >= 0.3 is 6.03 Å². The summed E-state index contributed by atoms with van der Waals surface area (Å²) in [7, 11) is 0. The lowest BCUT2D eigenvalue weighted by atomic mass is 9.92. The van der Waals surface area contributed by atoms with Gasteiger partial charge in [0, 0.05) is 22.3 Å². The Kier molecular flexibility index (Phi) is 4.07. The number of carbonyl (C=O) groups is 2. The van der Waals surface area contributed by atoms with Crippen molar-refractivity contribution >= 4 is 33.5 Å². The van der Waals surface area contributed by atoms with E-state index < -0.39 is 17.5 Å². The van der Waals surface area contributed by atoms with Crippen molar-refractivity contribution in [2.45, 2.75) is 19.0 Å². The summed E-state index contributed by atoms with van der Waals surface area (Å²) in [4.78, 5) is 43.3.